The highest BCUT2D eigenvalue weighted by Gasteiger charge is 2.15. The Morgan fingerprint density at radius 2 is 1.12 bits per heavy atom. The molecule has 0 heterocycles. The molecule has 3 rings (SSSR count). The van der Waals surface area contributed by atoms with Crippen molar-refractivity contribution >= 4 is 17.3 Å². The molecule has 0 atom stereocenters. The van der Waals surface area contributed by atoms with Crippen LogP contribution in [-0.4, -0.2) is 26.4 Å². The minimum absolute atomic E-state index is 0.394. The summed E-state index contributed by atoms with van der Waals surface area (Å²) in [6, 6.07) is 22.0. The maximum atomic E-state index is 10.4. The first-order valence-corrected chi connectivity index (χ1v) is 7.32. The second-order valence-electron chi connectivity index (χ2n) is 5.02. The van der Waals surface area contributed by atoms with Gasteiger partial charge in [-0.3, -0.25) is 0 Å². The van der Waals surface area contributed by atoms with Crippen molar-refractivity contribution in [1.29, 1.82) is 0 Å². The lowest BCUT2D eigenvalue weighted by atomic mass is 10.1. The van der Waals surface area contributed by atoms with Gasteiger partial charge in [-0.15, -0.1) is 0 Å². The van der Waals surface area contributed by atoms with Gasteiger partial charge in [-0.25, -0.2) is 4.79 Å². The van der Waals surface area contributed by atoms with Crippen LogP contribution < -0.4 is 5.32 Å². The van der Waals surface area contributed by atoms with Crippen LogP contribution in [0.25, 0.3) is 0 Å². The van der Waals surface area contributed by atoms with Gasteiger partial charge in [-0.1, -0.05) is 36.4 Å². The van der Waals surface area contributed by atoms with Crippen LogP contribution in [0.15, 0.2) is 72.8 Å². The molecule has 0 saturated heterocycles. The molecular weight excluding hydrogens is 322 g/mol. The number of carboxylic acids is 1. The zero-order valence-corrected chi connectivity index (χ0v) is 13.1. The Kier molecular flexibility index (Phi) is 5.84. The van der Waals surface area contributed by atoms with Gasteiger partial charge in [-0.2, -0.15) is 0 Å². The highest BCUT2D eigenvalue weighted by molar-refractivity contribution is 5.94. The van der Waals surface area contributed by atoms with Gasteiger partial charge in [0.05, 0.1) is 0 Å². The predicted octanol–water partition coefficient (Wildman–Crippen LogP) is 3.93. The lowest BCUT2D eigenvalue weighted by Crippen LogP contribution is -1.96. The number of aromatic hydroxyl groups is 3. The van der Waals surface area contributed by atoms with E-state index in [0.29, 0.717) is 0 Å². The highest BCUT2D eigenvalue weighted by Crippen LogP contribution is 2.31. The molecule has 6 nitrogen and oxygen atoms in total. The number of benzene rings is 3. The molecule has 3 aromatic rings. The molecule has 5 N–H and O–H groups in total. The molecule has 0 aliphatic heterocycles. The standard InChI is InChI=1S/C12H11N.C7H6O5/c1-3-7-11(8-4-1)13-12-9-5-2-6-10-12;8-3-1-4(9)6(7(11)12)5(10)2-3/h1-10,13H;1-2,8-10H,(H,11,12). The first-order valence-electron chi connectivity index (χ1n) is 7.32. The Hall–Kier alpha value is -3.67. The Bertz CT molecular complexity index is 774. The monoisotopic (exact) mass is 339 g/mol. The number of hydrogen-bond donors (Lipinski definition) is 5. The van der Waals surface area contributed by atoms with E-state index in [1.807, 2.05) is 60.7 Å². The van der Waals surface area contributed by atoms with Crippen molar-refractivity contribution in [3.63, 3.8) is 0 Å². The number of phenols is 3. The van der Waals surface area contributed by atoms with Gasteiger partial charge in [0.25, 0.3) is 0 Å². The van der Waals surface area contributed by atoms with Crippen LogP contribution in [0, 0.1) is 0 Å². The van der Waals surface area contributed by atoms with Crippen LogP contribution in [0.2, 0.25) is 0 Å². The van der Waals surface area contributed by atoms with Crippen LogP contribution in [0.5, 0.6) is 17.2 Å². The average molecular weight is 339 g/mol. The number of carbonyl (C=O) groups is 1. The van der Waals surface area contributed by atoms with E-state index in [4.69, 9.17) is 20.4 Å². The van der Waals surface area contributed by atoms with Gasteiger partial charge in [0.2, 0.25) is 0 Å². The molecule has 0 radical (unpaired) electrons. The van der Waals surface area contributed by atoms with E-state index in [1.54, 1.807) is 0 Å². The summed E-state index contributed by atoms with van der Waals surface area (Å²) in [4.78, 5) is 10.4. The number of hydrogen-bond acceptors (Lipinski definition) is 5. The van der Waals surface area contributed by atoms with Gasteiger partial charge in [0.1, 0.15) is 22.8 Å². The molecule has 0 aromatic heterocycles. The predicted molar refractivity (Wildman–Crippen MR) is 94.6 cm³/mol. The fourth-order valence-corrected chi connectivity index (χ4v) is 2.03. The summed E-state index contributed by atoms with van der Waals surface area (Å²) >= 11 is 0. The van der Waals surface area contributed by atoms with Crippen molar-refractivity contribution in [3.8, 4) is 17.2 Å². The van der Waals surface area contributed by atoms with Crippen LogP contribution in [0.4, 0.5) is 11.4 Å². The fraction of sp³-hybridized carbons (Fsp3) is 0. The molecule has 0 aliphatic carbocycles. The number of phenolic OH excluding ortho intramolecular Hbond substituents is 1. The Morgan fingerprint density at radius 1 is 0.720 bits per heavy atom. The summed E-state index contributed by atoms with van der Waals surface area (Å²) in [5, 5.41) is 38.4. The summed E-state index contributed by atoms with van der Waals surface area (Å²) < 4.78 is 0. The molecule has 6 heteroatoms. The molecule has 0 aliphatic rings. The molecule has 128 valence electrons. The topological polar surface area (TPSA) is 110 Å². The van der Waals surface area contributed by atoms with Gasteiger partial charge in [0.15, 0.2) is 0 Å². The summed E-state index contributed by atoms with van der Waals surface area (Å²) in [5.41, 5.74) is 1.62. The van der Waals surface area contributed by atoms with Crippen molar-refractivity contribution in [3.05, 3.63) is 78.4 Å². The minimum atomic E-state index is -1.45. The van der Waals surface area contributed by atoms with Gasteiger partial charge in [0, 0.05) is 23.5 Å². The Labute approximate surface area is 144 Å². The lowest BCUT2D eigenvalue weighted by Gasteiger charge is -2.04. The van der Waals surface area contributed by atoms with Crippen molar-refractivity contribution in [2.24, 2.45) is 0 Å². The first kappa shape index (κ1) is 17.7. The third-order valence-corrected chi connectivity index (χ3v) is 3.13. The van der Waals surface area contributed by atoms with E-state index in [2.05, 4.69) is 5.32 Å². The fourth-order valence-electron chi connectivity index (χ4n) is 2.03. The van der Waals surface area contributed by atoms with Gasteiger partial charge >= 0.3 is 5.97 Å². The number of carboxylic acid groups (broad SMARTS) is 1. The van der Waals surface area contributed by atoms with Crippen molar-refractivity contribution in [2.45, 2.75) is 0 Å². The lowest BCUT2D eigenvalue weighted by molar-refractivity contribution is 0.0690. The van der Waals surface area contributed by atoms with E-state index in [0.717, 1.165) is 23.5 Å². The molecule has 0 spiro atoms. The van der Waals surface area contributed by atoms with Crippen molar-refractivity contribution < 1.29 is 25.2 Å². The first-order chi connectivity index (χ1) is 12.0. The molecule has 0 saturated carbocycles. The van der Waals surface area contributed by atoms with Crippen LogP contribution in [-0.2, 0) is 0 Å². The third-order valence-electron chi connectivity index (χ3n) is 3.13. The quantitative estimate of drug-likeness (QED) is 0.494. The molecule has 0 unspecified atom stereocenters. The van der Waals surface area contributed by atoms with Crippen LogP contribution in [0.3, 0.4) is 0 Å². The second kappa shape index (κ2) is 8.26. The van der Waals surface area contributed by atoms with Gasteiger partial charge in [-0.05, 0) is 24.3 Å². The molecule has 0 bridgehead atoms. The Morgan fingerprint density at radius 3 is 1.48 bits per heavy atom. The zero-order valence-electron chi connectivity index (χ0n) is 13.1. The van der Waals surface area contributed by atoms with E-state index >= 15 is 0 Å². The third kappa shape index (κ3) is 5.18. The summed E-state index contributed by atoms with van der Waals surface area (Å²) in [7, 11) is 0. The normalized spacial score (nSPS) is 9.60. The van der Waals surface area contributed by atoms with E-state index < -0.39 is 28.8 Å². The maximum Gasteiger partial charge on any atom is 0.343 e. The molecular formula is C19H17NO5. The largest absolute Gasteiger partial charge is 0.508 e. The summed E-state index contributed by atoms with van der Waals surface area (Å²) in [6.07, 6.45) is 0. The number of rotatable bonds is 3. The van der Waals surface area contributed by atoms with Crippen LogP contribution in [0.1, 0.15) is 10.4 Å². The molecule has 0 fully saturated rings. The Balaban J connectivity index is 0.000000181. The molecule has 25 heavy (non-hydrogen) atoms. The molecule has 0 amide bonds. The van der Waals surface area contributed by atoms with Crippen molar-refractivity contribution in [1.82, 2.24) is 0 Å². The maximum absolute atomic E-state index is 10.4. The SMILES string of the molecule is O=C(O)c1c(O)cc(O)cc1O.c1ccc(Nc2ccccc2)cc1. The van der Waals surface area contributed by atoms with E-state index in [-0.39, 0.29) is 0 Å². The number of nitrogens with one attached hydrogen (secondary N) is 1. The van der Waals surface area contributed by atoms with Crippen molar-refractivity contribution in [2.75, 3.05) is 5.32 Å². The van der Waals surface area contributed by atoms with Crippen LogP contribution >= 0.6 is 0 Å². The smallest absolute Gasteiger partial charge is 0.343 e. The number of para-hydroxylation sites is 2. The summed E-state index contributed by atoms with van der Waals surface area (Å²) in [6.45, 7) is 0. The zero-order chi connectivity index (χ0) is 18.2. The highest BCUT2D eigenvalue weighted by atomic mass is 16.4. The number of anilines is 2. The van der Waals surface area contributed by atoms with E-state index in [9.17, 15) is 4.79 Å². The summed E-state index contributed by atoms with van der Waals surface area (Å²) in [5.74, 6) is -3.18. The van der Waals surface area contributed by atoms with E-state index in [1.165, 1.54) is 0 Å². The average Bonchev–Trinajstić information content (AvgIpc) is 2.56. The number of aromatic carboxylic acids is 1. The molecule has 3 aromatic carbocycles. The van der Waals surface area contributed by atoms with Gasteiger partial charge < -0.3 is 25.7 Å². The second-order valence-corrected chi connectivity index (χ2v) is 5.02. The minimum Gasteiger partial charge on any atom is -0.508 e.